The van der Waals surface area contributed by atoms with Crippen LogP contribution in [0.4, 0.5) is 0 Å². The number of aromatic hydroxyl groups is 1. The van der Waals surface area contributed by atoms with Gasteiger partial charge in [0.15, 0.2) is 5.82 Å². The summed E-state index contributed by atoms with van der Waals surface area (Å²) in [5.41, 5.74) is 2.42. The standard InChI is InChI=1S/C22H29N5O2S/c1-5-18-23-22-27(24-18)21(29)20(30-22)19(17-8-6-16(7-9-17)14(2)3)26-12-10-25(11-13-26)15(4)28/h6-9,14,19,29H,5,10-13H2,1-4H3/t19-/m1/s1. The van der Waals surface area contributed by atoms with Crippen LogP contribution in [0.3, 0.4) is 0 Å². The van der Waals surface area contributed by atoms with Crippen LogP contribution in [0.25, 0.3) is 4.96 Å². The lowest BCUT2D eigenvalue weighted by molar-refractivity contribution is -0.130. The fraction of sp³-hybridized carbons (Fsp3) is 0.500. The second kappa shape index (κ2) is 8.35. The average Bonchev–Trinajstić information content (AvgIpc) is 3.28. The molecular formula is C22H29N5O2S. The first kappa shape index (κ1) is 20.8. The van der Waals surface area contributed by atoms with E-state index in [2.05, 4.69) is 53.1 Å². The third-order valence-corrected chi connectivity index (χ3v) is 6.92. The molecule has 0 unspecified atom stereocenters. The molecule has 0 bridgehead atoms. The monoisotopic (exact) mass is 427 g/mol. The summed E-state index contributed by atoms with van der Waals surface area (Å²) in [7, 11) is 0. The first-order valence-electron chi connectivity index (χ1n) is 10.6. The molecule has 1 fully saturated rings. The number of carbonyl (C=O) groups is 1. The van der Waals surface area contributed by atoms with Crippen molar-refractivity contribution < 1.29 is 9.90 Å². The molecule has 160 valence electrons. The van der Waals surface area contributed by atoms with Crippen LogP contribution < -0.4 is 0 Å². The Bertz CT molecular complexity index is 1030. The molecule has 3 heterocycles. The lowest BCUT2D eigenvalue weighted by Gasteiger charge is -2.38. The molecule has 1 atom stereocenters. The van der Waals surface area contributed by atoms with Crippen molar-refractivity contribution in [2.24, 2.45) is 0 Å². The van der Waals surface area contributed by atoms with Crippen molar-refractivity contribution in [3.63, 3.8) is 0 Å². The number of nitrogens with zero attached hydrogens (tertiary/aromatic N) is 5. The fourth-order valence-electron chi connectivity index (χ4n) is 4.00. The molecular weight excluding hydrogens is 398 g/mol. The lowest BCUT2D eigenvalue weighted by Crippen LogP contribution is -2.49. The van der Waals surface area contributed by atoms with Gasteiger partial charge in [0, 0.05) is 39.5 Å². The second-order valence-electron chi connectivity index (χ2n) is 8.13. The molecule has 2 aromatic heterocycles. The normalized spacial score (nSPS) is 16.5. The molecule has 0 saturated carbocycles. The van der Waals surface area contributed by atoms with Crippen molar-refractivity contribution in [3.05, 3.63) is 46.1 Å². The number of aryl methyl sites for hydroxylation is 1. The average molecular weight is 428 g/mol. The zero-order valence-electron chi connectivity index (χ0n) is 18.0. The third kappa shape index (κ3) is 3.81. The summed E-state index contributed by atoms with van der Waals surface area (Å²) >= 11 is 1.49. The highest BCUT2D eigenvalue weighted by Crippen LogP contribution is 2.40. The molecule has 4 rings (SSSR count). The Labute approximate surface area is 181 Å². The van der Waals surface area contributed by atoms with Crippen molar-refractivity contribution in [3.8, 4) is 5.88 Å². The molecule has 1 aromatic carbocycles. The van der Waals surface area contributed by atoms with Crippen molar-refractivity contribution in [1.29, 1.82) is 0 Å². The van der Waals surface area contributed by atoms with E-state index in [0.717, 1.165) is 35.8 Å². The van der Waals surface area contributed by atoms with Gasteiger partial charge in [-0.15, -0.1) is 5.10 Å². The summed E-state index contributed by atoms with van der Waals surface area (Å²) in [4.78, 5) is 22.1. The lowest BCUT2D eigenvalue weighted by atomic mass is 9.97. The van der Waals surface area contributed by atoms with E-state index in [1.165, 1.54) is 16.9 Å². The van der Waals surface area contributed by atoms with Crippen LogP contribution >= 0.6 is 11.3 Å². The SMILES string of the molecule is CCc1nc2sc([C@@H](c3ccc(C(C)C)cc3)N3CCN(C(C)=O)CC3)c(O)n2n1. The number of aromatic nitrogens is 3. The number of carbonyl (C=O) groups excluding carboxylic acids is 1. The zero-order chi connectivity index (χ0) is 21.4. The number of fused-ring (bicyclic) bond motifs is 1. The van der Waals surface area contributed by atoms with E-state index >= 15 is 0 Å². The Morgan fingerprint density at radius 1 is 1.13 bits per heavy atom. The van der Waals surface area contributed by atoms with Crippen LogP contribution in [-0.4, -0.2) is 61.6 Å². The van der Waals surface area contributed by atoms with E-state index < -0.39 is 0 Å². The van der Waals surface area contributed by atoms with Crippen molar-refractivity contribution in [1.82, 2.24) is 24.4 Å². The number of hydrogen-bond acceptors (Lipinski definition) is 6. The molecule has 1 amide bonds. The smallest absolute Gasteiger partial charge is 0.230 e. The van der Waals surface area contributed by atoms with Gasteiger partial charge in [0.2, 0.25) is 16.7 Å². The maximum absolute atomic E-state index is 11.8. The van der Waals surface area contributed by atoms with E-state index in [9.17, 15) is 9.90 Å². The molecule has 1 aliphatic rings. The number of hydrogen-bond donors (Lipinski definition) is 1. The van der Waals surface area contributed by atoms with E-state index in [-0.39, 0.29) is 17.8 Å². The van der Waals surface area contributed by atoms with Gasteiger partial charge < -0.3 is 10.0 Å². The van der Waals surface area contributed by atoms with Crippen LogP contribution in [0.15, 0.2) is 24.3 Å². The summed E-state index contributed by atoms with van der Waals surface area (Å²) in [5, 5.41) is 15.5. The zero-order valence-corrected chi connectivity index (χ0v) is 18.8. The Morgan fingerprint density at radius 3 is 2.30 bits per heavy atom. The Balaban J connectivity index is 1.73. The van der Waals surface area contributed by atoms with Gasteiger partial charge in [0.25, 0.3) is 0 Å². The summed E-state index contributed by atoms with van der Waals surface area (Å²) < 4.78 is 1.56. The molecule has 30 heavy (non-hydrogen) atoms. The van der Waals surface area contributed by atoms with Crippen LogP contribution in [0.1, 0.15) is 61.5 Å². The van der Waals surface area contributed by atoms with Crippen LogP contribution in [0, 0.1) is 0 Å². The number of rotatable bonds is 5. The maximum atomic E-state index is 11.8. The van der Waals surface area contributed by atoms with Crippen molar-refractivity contribution >= 4 is 22.2 Å². The maximum Gasteiger partial charge on any atom is 0.230 e. The summed E-state index contributed by atoms with van der Waals surface area (Å²) in [6.07, 6.45) is 0.732. The number of thiazole rings is 1. The van der Waals surface area contributed by atoms with Gasteiger partial charge in [-0.05, 0) is 17.0 Å². The molecule has 0 radical (unpaired) electrons. The van der Waals surface area contributed by atoms with Crippen LogP contribution in [-0.2, 0) is 11.2 Å². The van der Waals surface area contributed by atoms with E-state index in [0.29, 0.717) is 24.0 Å². The molecule has 0 spiro atoms. The third-order valence-electron chi connectivity index (χ3n) is 5.85. The van der Waals surface area contributed by atoms with E-state index in [1.807, 2.05) is 11.8 Å². The topological polar surface area (TPSA) is 74.0 Å². The molecule has 3 aromatic rings. The predicted octanol–water partition coefficient (Wildman–Crippen LogP) is 3.44. The minimum absolute atomic E-state index is 0.0982. The van der Waals surface area contributed by atoms with Crippen LogP contribution in [0.2, 0.25) is 0 Å². The molecule has 0 aliphatic carbocycles. The summed E-state index contributed by atoms with van der Waals surface area (Å²) in [6, 6.07) is 8.55. The van der Waals surface area contributed by atoms with Crippen LogP contribution in [0.5, 0.6) is 5.88 Å². The molecule has 1 saturated heterocycles. The van der Waals surface area contributed by atoms with Gasteiger partial charge in [-0.1, -0.05) is 56.4 Å². The minimum atomic E-state index is -0.0982. The quantitative estimate of drug-likeness (QED) is 0.675. The Morgan fingerprint density at radius 2 is 1.77 bits per heavy atom. The first-order valence-corrected chi connectivity index (χ1v) is 11.4. The number of piperazine rings is 1. The largest absolute Gasteiger partial charge is 0.492 e. The van der Waals surface area contributed by atoms with Gasteiger partial charge in [0.1, 0.15) is 0 Å². The highest BCUT2D eigenvalue weighted by molar-refractivity contribution is 7.17. The molecule has 1 aliphatic heterocycles. The summed E-state index contributed by atoms with van der Waals surface area (Å²) in [5.74, 6) is 1.47. The van der Waals surface area contributed by atoms with E-state index in [1.54, 1.807) is 11.4 Å². The predicted molar refractivity (Wildman–Crippen MR) is 118 cm³/mol. The number of amides is 1. The van der Waals surface area contributed by atoms with Gasteiger partial charge in [-0.3, -0.25) is 9.69 Å². The molecule has 8 heteroatoms. The highest BCUT2D eigenvalue weighted by atomic mass is 32.1. The molecule has 7 nitrogen and oxygen atoms in total. The number of benzene rings is 1. The summed E-state index contributed by atoms with van der Waals surface area (Å²) in [6.45, 7) is 10.9. The van der Waals surface area contributed by atoms with Crippen molar-refractivity contribution in [2.45, 2.75) is 46.1 Å². The minimum Gasteiger partial charge on any atom is -0.492 e. The molecule has 1 N–H and O–H groups in total. The van der Waals surface area contributed by atoms with Gasteiger partial charge >= 0.3 is 0 Å². The highest BCUT2D eigenvalue weighted by Gasteiger charge is 2.32. The van der Waals surface area contributed by atoms with Gasteiger partial charge in [-0.25, -0.2) is 4.98 Å². The fourth-order valence-corrected chi connectivity index (χ4v) is 5.14. The Kier molecular flexibility index (Phi) is 5.79. The van der Waals surface area contributed by atoms with Gasteiger partial charge in [-0.2, -0.15) is 4.52 Å². The van der Waals surface area contributed by atoms with E-state index in [4.69, 9.17) is 0 Å². The second-order valence-corrected chi connectivity index (χ2v) is 9.14. The Hall–Kier alpha value is -2.45. The van der Waals surface area contributed by atoms with Gasteiger partial charge in [0.05, 0.1) is 10.9 Å². The first-order chi connectivity index (χ1) is 14.4. The van der Waals surface area contributed by atoms with Crippen molar-refractivity contribution in [2.75, 3.05) is 26.2 Å².